The number of rotatable bonds is 4. The first kappa shape index (κ1) is 19.2. The third kappa shape index (κ3) is 3.98. The number of anilines is 4. The van der Waals surface area contributed by atoms with Crippen LogP contribution in [0, 0.1) is 10.8 Å². The first-order valence-electron chi connectivity index (χ1n) is 9.73. The van der Waals surface area contributed by atoms with Crippen molar-refractivity contribution in [1.82, 2.24) is 0 Å². The van der Waals surface area contributed by atoms with E-state index in [9.17, 15) is 0 Å². The Morgan fingerprint density at radius 2 is 0.567 bits per heavy atom. The average Bonchev–Trinajstić information content (AvgIpc) is 2.82. The van der Waals surface area contributed by atoms with Gasteiger partial charge in [-0.05, 0) is 48.5 Å². The maximum atomic E-state index is 9.02. The smallest absolute Gasteiger partial charge is 0.173 e. The van der Waals surface area contributed by atoms with Gasteiger partial charge in [-0.25, -0.2) is 0 Å². The number of nitrogens with one attached hydrogen (secondary N) is 2. The van der Waals surface area contributed by atoms with Gasteiger partial charge in [0.1, 0.15) is 0 Å². The molecule has 0 bridgehead atoms. The van der Waals surface area contributed by atoms with Gasteiger partial charge in [0.05, 0.1) is 0 Å². The standard InChI is InChI=1S/C26H22N4/c27-25(29(21-13-5-1-6-14-21)22-15-7-2-8-16-22)26(28)30(23-17-9-3-10-18-23)24-19-11-4-12-20-24/h1-20,27-28H. The van der Waals surface area contributed by atoms with Crippen LogP contribution < -0.4 is 9.80 Å². The molecular weight excluding hydrogens is 368 g/mol. The topological polar surface area (TPSA) is 54.2 Å². The Labute approximate surface area is 176 Å². The van der Waals surface area contributed by atoms with Crippen molar-refractivity contribution < 1.29 is 0 Å². The molecule has 30 heavy (non-hydrogen) atoms. The van der Waals surface area contributed by atoms with Gasteiger partial charge in [-0.2, -0.15) is 0 Å². The van der Waals surface area contributed by atoms with E-state index < -0.39 is 0 Å². The SMILES string of the molecule is N=C(C(=N)N(c1ccccc1)c1ccccc1)N(c1ccccc1)c1ccccc1. The molecule has 0 amide bonds. The quantitative estimate of drug-likeness (QED) is 0.304. The van der Waals surface area contributed by atoms with Crippen molar-refractivity contribution in [2.45, 2.75) is 0 Å². The van der Waals surface area contributed by atoms with E-state index in [1.165, 1.54) is 0 Å². The highest BCUT2D eigenvalue weighted by Crippen LogP contribution is 2.30. The van der Waals surface area contributed by atoms with E-state index in [-0.39, 0.29) is 11.7 Å². The van der Waals surface area contributed by atoms with Gasteiger partial charge < -0.3 is 0 Å². The summed E-state index contributed by atoms with van der Waals surface area (Å²) < 4.78 is 0. The number of benzene rings is 4. The second-order valence-corrected chi connectivity index (χ2v) is 6.71. The number of para-hydroxylation sites is 4. The van der Waals surface area contributed by atoms with E-state index in [0.29, 0.717) is 0 Å². The highest BCUT2D eigenvalue weighted by Gasteiger charge is 2.24. The summed E-state index contributed by atoms with van der Waals surface area (Å²) in [5.74, 6) is 0.167. The second kappa shape index (κ2) is 8.88. The Hall–Kier alpha value is -4.18. The summed E-state index contributed by atoms with van der Waals surface area (Å²) in [7, 11) is 0. The fourth-order valence-electron chi connectivity index (χ4n) is 3.33. The Bertz CT molecular complexity index is 939. The van der Waals surface area contributed by atoms with Gasteiger partial charge in [0.2, 0.25) is 0 Å². The molecule has 0 saturated carbocycles. The Kier molecular flexibility index (Phi) is 5.67. The van der Waals surface area contributed by atoms with Crippen LogP contribution in [0.4, 0.5) is 22.7 Å². The highest BCUT2D eigenvalue weighted by molar-refractivity contribution is 6.49. The van der Waals surface area contributed by atoms with Gasteiger partial charge in [0.15, 0.2) is 11.7 Å². The molecule has 4 aromatic carbocycles. The van der Waals surface area contributed by atoms with Gasteiger partial charge in [0.25, 0.3) is 0 Å². The van der Waals surface area contributed by atoms with Crippen LogP contribution >= 0.6 is 0 Å². The molecule has 0 fully saturated rings. The summed E-state index contributed by atoms with van der Waals surface area (Å²) in [4.78, 5) is 3.59. The maximum Gasteiger partial charge on any atom is 0.173 e. The molecule has 0 aliphatic heterocycles. The molecule has 0 aromatic heterocycles. The van der Waals surface area contributed by atoms with Gasteiger partial charge in [-0.15, -0.1) is 0 Å². The predicted octanol–water partition coefficient (Wildman–Crippen LogP) is 6.62. The lowest BCUT2D eigenvalue weighted by Crippen LogP contribution is -2.40. The molecule has 4 aromatic rings. The molecule has 146 valence electrons. The van der Waals surface area contributed by atoms with Crippen molar-refractivity contribution in [2.75, 3.05) is 9.80 Å². The summed E-state index contributed by atoms with van der Waals surface area (Å²) >= 11 is 0. The minimum absolute atomic E-state index is 0.0834. The molecule has 0 radical (unpaired) electrons. The van der Waals surface area contributed by atoms with E-state index >= 15 is 0 Å². The summed E-state index contributed by atoms with van der Waals surface area (Å²) in [6.45, 7) is 0. The van der Waals surface area contributed by atoms with Crippen molar-refractivity contribution in [2.24, 2.45) is 0 Å². The monoisotopic (exact) mass is 390 g/mol. The lowest BCUT2D eigenvalue weighted by atomic mass is 10.2. The molecule has 0 heterocycles. The molecule has 0 unspecified atom stereocenters. The zero-order chi connectivity index (χ0) is 20.8. The summed E-state index contributed by atoms with van der Waals surface area (Å²) in [5, 5.41) is 18.0. The van der Waals surface area contributed by atoms with Gasteiger partial charge in [-0.1, -0.05) is 72.8 Å². The molecule has 0 aliphatic carbocycles. The predicted molar refractivity (Wildman–Crippen MR) is 125 cm³/mol. The van der Waals surface area contributed by atoms with Crippen LogP contribution in [0.3, 0.4) is 0 Å². The summed E-state index contributed by atoms with van der Waals surface area (Å²) in [6, 6.07) is 38.9. The minimum atomic E-state index is 0.0834. The molecular formula is C26H22N4. The zero-order valence-corrected chi connectivity index (χ0v) is 16.4. The van der Waals surface area contributed by atoms with Crippen molar-refractivity contribution >= 4 is 34.4 Å². The molecule has 2 N–H and O–H groups in total. The summed E-state index contributed by atoms with van der Waals surface area (Å²) in [5.41, 5.74) is 3.33. The van der Waals surface area contributed by atoms with Gasteiger partial charge >= 0.3 is 0 Å². The van der Waals surface area contributed by atoms with Crippen LogP contribution in [0.15, 0.2) is 121 Å². The van der Waals surface area contributed by atoms with Crippen LogP contribution in [-0.2, 0) is 0 Å². The van der Waals surface area contributed by atoms with E-state index in [0.717, 1.165) is 22.7 Å². The normalized spacial score (nSPS) is 10.3. The fraction of sp³-hybridized carbons (Fsp3) is 0. The molecule has 0 atom stereocenters. The first-order chi connectivity index (χ1) is 14.8. The van der Waals surface area contributed by atoms with E-state index in [1.54, 1.807) is 9.80 Å². The number of amidine groups is 2. The number of hydrogen-bond donors (Lipinski definition) is 2. The molecule has 0 aliphatic rings. The average molecular weight is 390 g/mol. The first-order valence-corrected chi connectivity index (χ1v) is 9.73. The third-order valence-electron chi connectivity index (χ3n) is 4.73. The van der Waals surface area contributed by atoms with Crippen molar-refractivity contribution in [3.05, 3.63) is 121 Å². The van der Waals surface area contributed by atoms with Crippen LogP contribution in [0.2, 0.25) is 0 Å². The van der Waals surface area contributed by atoms with E-state index in [4.69, 9.17) is 10.8 Å². The molecule has 4 rings (SSSR count). The van der Waals surface area contributed by atoms with Gasteiger partial charge in [0, 0.05) is 22.7 Å². The summed E-state index contributed by atoms with van der Waals surface area (Å²) in [6.07, 6.45) is 0. The minimum Gasteiger partial charge on any atom is -0.292 e. The molecule has 4 nitrogen and oxygen atoms in total. The van der Waals surface area contributed by atoms with Crippen LogP contribution in [0.5, 0.6) is 0 Å². The highest BCUT2D eigenvalue weighted by atomic mass is 15.3. The lowest BCUT2D eigenvalue weighted by molar-refractivity contribution is 1.25. The van der Waals surface area contributed by atoms with Crippen LogP contribution in [0.1, 0.15) is 0 Å². The van der Waals surface area contributed by atoms with Crippen molar-refractivity contribution in [1.29, 1.82) is 10.8 Å². The number of nitrogens with zero attached hydrogens (tertiary/aromatic N) is 2. The second-order valence-electron chi connectivity index (χ2n) is 6.71. The lowest BCUT2D eigenvalue weighted by Gasteiger charge is -2.31. The molecule has 4 heteroatoms. The Morgan fingerprint density at radius 1 is 0.367 bits per heavy atom. The zero-order valence-electron chi connectivity index (χ0n) is 16.4. The van der Waals surface area contributed by atoms with Crippen molar-refractivity contribution in [3.8, 4) is 0 Å². The van der Waals surface area contributed by atoms with Crippen LogP contribution in [0.25, 0.3) is 0 Å². The maximum absolute atomic E-state index is 9.02. The number of hydrogen-bond acceptors (Lipinski definition) is 2. The Balaban J connectivity index is 1.79. The van der Waals surface area contributed by atoms with Crippen molar-refractivity contribution in [3.63, 3.8) is 0 Å². The Morgan fingerprint density at radius 3 is 0.767 bits per heavy atom. The van der Waals surface area contributed by atoms with E-state index in [1.807, 2.05) is 121 Å². The van der Waals surface area contributed by atoms with Crippen LogP contribution in [-0.4, -0.2) is 11.7 Å². The molecule has 0 spiro atoms. The third-order valence-corrected chi connectivity index (χ3v) is 4.73. The van der Waals surface area contributed by atoms with E-state index in [2.05, 4.69) is 0 Å². The largest absolute Gasteiger partial charge is 0.292 e. The van der Waals surface area contributed by atoms with Gasteiger partial charge in [-0.3, -0.25) is 20.6 Å². The molecule has 0 saturated heterocycles. The fourth-order valence-corrected chi connectivity index (χ4v) is 3.33.